The van der Waals surface area contributed by atoms with Gasteiger partial charge in [-0.05, 0) is 11.7 Å². The Bertz CT molecular complexity index is 57.1. The molecular formula is C5H11NS. The monoisotopic (exact) mass is 117 g/mol. The fraction of sp³-hybridized carbons (Fsp3) is 1.00. The van der Waals surface area contributed by atoms with Crippen molar-refractivity contribution in [3.8, 4) is 0 Å². The highest BCUT2D eigenvalue weighted by Gasteiger charge is 2.18. The van der Waals surface area contributed by atoms with Gasteiger partial charge in [-0.2, -0.15) is 11.8 Å². The smallest absolute Gasteiger partial charge is 0.0164 e. The van der Waals surface area contributed by atoms with Crippen molar-refractivity contribution in [2.45, 2.75) is 13.0 Å². The summed E-state index contributed by atoms with van der Waals surface area (Å²) in [6, 6.07) is 0.477. The standard InChI is InChI=1S/C5H11NS/c1-4-2-7-3-5(4)6/h4-5H,2-3,6H2,1H3/t4-,5-/m1/s1. The predicted octanol–water partition coefficient (Wildman–Crippen LogP) is 0.697. The lowest BCUT2D eigenvalue weighted by atomic mass is 10.1. The van der Waals surface area contributed by atoms with Crippen LogP contribution in [0.25, 0.3) is 0 Å². The summed E-state index contributed by atoms with van der Waals surface area (Å²) in [4.78, 5) is 0. The fourth-order valence-electron chi connectivity index (χ4n) is 0.678. The van der Waals surface area contributed by atoms with Crippen LogP contribution in [0.1, 0.15) is 6.92 Å². The highest BCUT2D eigenvalue weighted by Crippen LogP contribution is 2.21. The lowest BCUT2D eigenvalue weighted by Gasteiger charge is -2.04. The zero-order chi connectivity index (χ0) is 5.28. The van der Waals surface area contributed by atoms with Crippen LogP contribution in [0.4, 0.5) is 0 Å². The van der Waals surface area contributed by atoms with Crippen LogP contribution in [0.15, 0.2) is 0 Å². The van der Waals surface area contributed by atoms with Gasteiger partial charge in [-0.25, -0.2) is 0 Å². The van der Waals surface area contributed by atoms with E-state index >= 15 is 0 Å². The highest BCUT2D eigenvalue weighted by atomic mass is 32.2. The molecule has 1 fully saturated rings. The molecule has 0 saturated carbocycles. The second-order valence-electron chi connectivity index (χ2n) is 2.18. The van der Waals surface area contributed by atoms with Gasteiger partial charge in [0.05, 0.1) is 0 Å². The molecule has 1 nitrogen and oxygen atoms in total. The molecule has 2 heteroatoms. The minimum Gasteiger partial charge on any atom is -0.327 e. The normalized spacial score (nSPS) is 42.0. The molecule has 0 bridgehead atoms. The average molecular weight is 117 g/mol. The van der Waals surface area contributed by atoms with Gasteiger partial charge in [0.2, 0.25) is 0 Å². The largest absolute Gasteiger partial charge is 0.327 e. The summed E-state index contributed by atoms with van der Waals surface area (Å²) in [5.41, 5.74) is 5.66. The molecule has 1 saturated heterocycles. The first-order chi connectivity index (χ1) is 3.30. The lowest BCUT2D eigenvalue weighted by Crippen LogP contribution is -2.25. The molecule has 0 radical (unpaired) electrons. The van der Waals surface area contributed by atoms with Crippen molar-refractivity contribution >= 4 is 11.8 Å². The highest BCUT2D eigenvalue weighted by molar-refractivity contribution is 7.99. The Balaban J connectivity index is 2.33. The van der Waals surface area contributed by atoms with Crippen molar-refractivity contribution in [1.29, 1.82) is 0 Å². The van der Waals surface area contributed by atoms with Crippen LogP contribution in [0.5, 0.6) is 0 Å². The first kappa shape index (κ1) is 5.45. The minimum atomic E-state index is 0.477. The molecule has 0 unspecified atom stereocenters. The van der Waals surface area contributed by atoms with Gasteiger partial charge < -0.3 is 5.73 Å². The van der Waals surface area contributed by atoms with Crippen LogP contribution in [-0.2, 0) is 0 Å². The van der Waals surface area contributed by atoms with Crippen molar-refractivity contribution < 1.29 is 0 Å². The summed E-state index contributed by atoms with van der Waals surface area (Å²) in [6.45, 7) is 2.21. The Labute approximate surface area is 48.7 Å². The van der Waals surface area contributed by atoms with Gasteiger partial charge in [0.1, 0.15) is 0 Å². The molecule has 0 aliphatic carbocycles. The zero-order valence-corrected chi connectivity index (χ0v) is 5.37. The molecule has 1 aliphatic rings. The van der Waals surface area contributed by atoms with Crippen molar-refractivity contribution in [3.63, 3.8) is 0 Å². The molecule has 1 heterocycles. The quantitative estimate of drug-likeness (QED) is 0.505. The molecule has 1 aliphatic heterocycles. The summed E-state index contributed by atoms with van der Waals surface area (Å²) in [6.07, 6.45) is 0. The van der Waals surface area contributed by atoms with Gasteiger partial charge in [0.25, 0.3) is 0 Å². The summed E-state index contributed by atoms with van der Waals surface area (Å²) >= 11 is 1.97. The van der Waals surface area contributed by atoms with Gasteiger partial charge in [-0.1, -0.05) is 6.92 Å². The van der Waals surface area contributed by atoms with E-state index in [1.54, 1.807) is 0 Å². The van der Waals surface area contributed by atoms with E-state index in [0.29, 0.717) is 6.04 Å². The van der Waals surface area contributed by atoms with E-state index in [4.69, 9.17) is 5.73 Å². The maximum absolute atomic E-state index is 5.66. The maximum Gasteiger partial charge on any atom is 0.0164 e. The summed E-state index contributed by atoms with van der Waals surface area (Å²) in [5, 5.41) is 0. The number of nitrogens with two attached hydrogens (primary N) is 1. The van der Waals surface area contributed by atoms with Crippen molar-refractivity contribution in [2.75, 3.05) is 11.5 Å². The lowest BCUT2D eigenvalue weighted by molar-refractivity contribution is 0.567. The number of thioether (sulfide) groups is 1. The van der Waals surface area contributed by atoms with Gasteiger partial charge in [0.15, 0.2) is 0 Å². The van der Waals surface area contributed by atoms with Crippen LogP contribution in [0, 0.1) is 5.92 Å². The summed E-state index contributed by atoms with van der Waals surface area (Å²) < 4.78 is 0. The number of hydrogen-bond acceptors (Lipinski definition) is 2. The van der Waals surface area contributed by atoms with Crippen LogP contribution in [0.3, 0.4) is 0 Å². The van der Waals surface area contributed by atoms with Crippen molar-refractivity contribution in [2.24, 2.45) is 11.7 Å². The molecule has 7 heavy (non-hydrogen) atoms. The molecular weight excluding hydrogens is 106 g/mol. The Hall–Kier alpha value is 0.310. The molecule has 42 valence electrons. The van der Waals surface area contributed by atoms with Gasteiger partial charge in [0, 0.05) is 11.8 Å². The first-order valence-corrected chi connectivity index (χ1v) is 3.79. The third-order valence-electron chi connectivity index (χ3n) is 1.42. The Morgan fingerprint density at radius 3 is 2.43 bits per heavy atom. The van der Waals surface area contributed by atoms with Gasteiger partial charge in [-0.3, -0.25) is 0 Å². The minimum absolute atomic E-state index is 0.477. The van der Waals surface area contributed by atoms with E-state index in [-0.39, 0.29) is 0 Å². The van der Waals surface area contributed by atoms with Crippen molar-refractivity contribution in [1.82, 2.24) is 0 Å². The van der Waals surface area contributed by atoms with E-state index in [1.807, 2.05) is 11.8 Å². The van der Waals surface area contributed by atoms with E-state index in [2.05, 4.69) is 6.92 Å². The third-order valence-corrected chi connectivity index (χ3v) is 2.80. The fourth-order valence-corrected chi connectivity index (χ4v) is 2.03. The molecule has 0 spiro atoms. The van der Waals surface area contributed by atoms with E-state index in [9.17, 15) is 0 Å². The van der Waals surface area contributed by atoms with E-state index in [0.717, 1.165) is 5.92 Å². The SMILES string of the molecule is C[C@@H]1CSC[C@H]1N. The topological polar surface area (TPSA) is 26.0 Å². The first-order valence-electron chi connectivity index (χ1n) is 2.64. The van der Waals surface area contributed by atoms with Crippen LogP contribution in [0.2, 0.25) is 0 Å². The Morgan fingerprint density at radius 2 is 2.29 bits per heavy atom. The van der Waals surface area contributed by atoms with Crippen molar-refractivity contribution in [3.05, 3.63) is 0 Å². The zero-order valence-electron chi connectivity index (χ0n) is 4.55. The molecule has 2 N–H and O–H groups in total. The molecule has 0 aromatic rings. The molecule has 0 aromatic heterocycles. The van der Waals surface area contributed by atoms with Crippen LogP contribution >= 0.6 is 11.8 Å². The number of hydrogen-bond donors (Lipinski definition) is 1. The summed E-state index contributed by atoms with van der Waals surface area (Å²) in [5.74, 6) is 3.19. The molecule has 1 rings (SSSR count). The predicted molar refractivity (Wildman–Crippen MR) is 34.5 cm³/mol. The maximum atomic E-state index is 5.66. The average Bonchev–Trinajstić information content (AvgIpc) is 1.91. The molecule has 0 amide bonds. The second kappa shape index (κ2) is 2.05. The number of rotatable bonds is 0. The molecule has 2 atom stereocenters. The van der Waals surface area contributed by atoms with E-state index in [1.165, 1.54) is 11.5 Å². The third kappa shape index (κ3) is 1.10. The van der Waals surface area contributed by atoms with Gasteiger partial charge in [-0.15, -0.1) is 0 Å². The summed E-state index contributed by atoms with van der Waals surface area (Å²) in [7, 11) is 0. The van der Waals surface area contributed by atoms with Crippen LogP contribution < -0.4 is 5.73 Å². The Morgan fingerprint density at radius 1 is 1.57 bits per heavy atom. The van der Waals surface area contributed by atoms with Crippen LogP contribution in [-0.4, -0.2) is 17.5 Å². The second-order valence-corrected chi connectivity index (χ2v) is 3.25. The molecule has 0 aromatic carbocycles. The Kier molecular flexibility index (Phi) is 1.60. The van der Waals surface area contributed by atoms with Gasteiger partial charge >= 0.3 is 0 Å². The van der Waals surface area contributed by atoms with E-state index < -0.39 is 0 Å².